The normalized spacial score (nSPS) is 15.8. The fourth-order valence-corrected chi connectivity index (χ4v) is 6.42. The summed E-state index contributed by atoms with van der Waals surface area (Å²) in [6.07, 6.45) is 9.88. The van der Waals surface area contributed by atoms with Crippen molar-refractivity contribution in [3.05, 3.63) is 77.0 Å². The molecule has 1 aliphatic rings. The maximum atomic E-state index is 12.8. The van der Waals surface area contributed by atoms with Crippen molar-refractivity contribution in [1.82, 2.24) is 24.0 Å². The zero-order valence-electron chi connectivity index (χ0n) is 22.6. The number of nitrogens with zero attached hydrogens (tertiary/aromatic N) is 4. The van der Waals surface area contributed by atoms with E-state index in [4.69, 9.17) is 4.74 Å². The van der Waals surface area contributed by atoms with Crippen LogP contribution in [-0.4, -0.2) is 51.8 Å². The summed E-state index contributed by atoms with van der Waals surface area (Å²) in [6.45, 7) is 11.4. The number of pyridine rings is 2. The largest absolute Gasteiger partial charge is 0.361 e. The highest BCUT2D eigenvalue weighted by Gasteiger charge is 2.23. The van der Waals surface area contributed by atoms with Gasteiger partial charge in [0.2, 0.25) is 0 Å². The first-order chi connectivity index (χ1) is 18.4. The van der Waals surface area contributed by atoms with Crippen LogP contribution in [0, 0.1) is 0 Å². The molecule has 198 valence electrons. The number of hydrogen-bond donors (Lipinski definition) is 1. The number of nitrogens with one attached hydrogen (secondary N) is 1. The van der Waals surface area contributed by atoms with Crippen LogP contribution in [0.2, 0.25) is 25.7 Å². The highest BCUT2D eigenvalue weighted by Crippen LogP contribution is 2.30. The van der Waals surface area contributed by atoms with Crippen molar-refractivity contribution in [3.63, 3.8) is 0 Å². The summed E-state index contributed by atoms with van der Waals surface area (Å²) < 4.78 is 10.4. The van der Waals surface area contributed by atoms with Crippen molar-refractivity contribution in [2.75, 3.05) is 19.7 Å². The van der Waals surface area contributed by atoms with E-state index in [2.05, 4.69) is 74.0 Å². The van der Waals surface area contributed by atoms with Gasteiger partial charge in [-0.25, -0.2) is 4.98 Å². The van der Waals surface area contributed by atoms with Gasteiger partial charge in [-0.1, -0.05) is 25.7 Å². The van der Waals surface area contributed by atoms with E-state index in [1.54, 1.807) is 12.3 Å². The molecule has 0 spiro atoms. The van der Waals surface area contributed by atoms with Crippen LogP contribution in [0.15, 0.2) is 66.0 Å². The number of aromatic nitrogens is 4. The smallest absolute Gasteiger partial charge is 0.190 e. The molecule has 6 rings (SSSR count). The summed E-state index contributed by atoms with van der Waals surface area (Å²) in [5, 5.41) is 2.99. The second-order valence-corrected chi connectivity index (χ2v) is 17.5. The molecule has 0 aliphatic carbocycles. The van der Waals surface area contributed by atoms with Gasteiger partial charge in [-0.3, -0.25) is 9.69 Å². The summed E-state index contributed by atoms with van der Waals surface area (Å²) in [4.78, 5) is 23.3. The molecular formula is C30H37N5O2Si. The average molecular weight is 528 g/mol. The van der Waals surface area contributed by atoms with Gasteiger partial charge in [0.25, 0.3) is 0 Å². The monoisotopic (exact) mass is 527 g/mol. The van der Waals surface area contributed by atoms with E-state index in [0.717, 1.165) is 61.7 Å². The zero-order valence-corrected chi connectivity index (χ0v) is 23.6. The molecule has 1 N–H and O–H groups in total. The molecule has 5 heterocycles. The Morgan fingerprint density at radius 2 is 1.89 bits per heavy atom. The van der Waals surface area contributed by atoms with Gasteiger partial charge in [0.1, 0.15) is 12.4 Å². The molecule has 0 bridgehead atoms. The third-order valence-electron chi connectivity index (χ3n) is 7.87. The fourth-order valence-electron chi connectivity index (χ4n) is 5.66. The van der Waals surface area contributed by atoms with Gasteiger partial charge in [0.05, 0.1) is 10.9 Å². The van der Waals surface area contributed by atoms with E-state index >= 15 is 0 Å². The lowest BCUT2D eigenvalue weighted by Crippen LogP contribution is -2.34. The van der Waals surface area contributed by atoms with Crippen LogP contribution in [0.25, 0.3) is 32.8 Å². The Kier molecular flexibility index (Phi) is 6.71. The maximum Gasteiger partial charge on any atom is 0.190 e. The third kappa shape index (κ3) is 5.08. The van der Waals surface area contributed by atoms with Crippen LogP contribution in [0.1, 0.15) is 24.4 Å². The number of ether oxygens (including phenoxy) is 1. The zero-order chi connectivity index (χ0) is 26.3. The third-order valence-corrected chi connectivity index (χ3v) is 9.58. The van der Waals surface area contributed by atoms with Crippen LogP contribution < -0.4 is 5.43 Å². The van der Waals surface area contributed by atoms with E-state index < -0.39 is 8.07 Å². The SMILES string of the molecule is C[Si](C)(C)CCOCn1ccc2c1ncc1c(=O)ccn(C3CCN(Cc4ccc5[nH]ccc5c4)CC3)c12. The van der Waals surface area contributed by atoms with Crippen LogP contribution in [0.4, 0.5) is 0 Å². The molecule has 8 heteroatoms. The molecule has 38 heavy (non-hydrogen) atoms. The topological polar surface area (TPSA) is 68.1 Å². The Morgan fingerprint density at radius 1 is 1.05 bits per heavy atom. The minimum atomic E-state index is -1.13. The second-order valence-electron chi connectivity index (χ2n) is 11.9. The summed E-state index contributed by atoms with van der Waals surface area (Å²) in [6, 6.07) is 14.1. The molecule has 1 aromatic carbocycles. The second kappa shape index (κ2) is 10.2. The first-order valence-corrected chi connectivity index (χ1v) is 17.4. The molecule has 1 aliphatic heterocycles. The lowest BCUT2D eigenvalue weighted by atomic mass is 10.0. The van der Waals surface area contributed by atoms with E-state index in [1.165, 1.54) is 16.5 Å². The predicted octanol–water partition coefficient (Wildman–Crippen LogP) is 5.98. The van der Waals surface area contributed by atoms with Crippen molar-refractivity contribution in [2.45, 2.75) is 57.8 Å². The van der Waals surface area contributed by atoms with Gasteiger partial charge in [-0.05, 0) is 54.1 Å². The quantitative estimate of drug-likeness (QED) is 0.199. The van der Waals surface area contributed by atoms with Gasteiger partial charge >= 0.3 is 0 Å². The van der Waals surface area contributed by atoms with Gasteiger partial charge in [-0.2, -0.15) is 0 Å². The van der Waals surface area contributed by atoms with Crippen LogP contribution in [0.5, 0.6) is 0 Å². The van der Waals surface area contributed by atoms with Crippen molar-refractivity contribution in [3.8, 4) is 0 Å². The first kappa shape index (κ1) is 25.1. The predicted molar refractivity (Wildman–Crippen MR) is 157 cm³/mol. The Morgan fingerprint density at radius 3 is 2.71 bits per heavy atom. The summed E-state index contributed by atoms with van der Waals surface area (Å²) in [5.41, 5.74) is 4.44. The van der Waals surface area contributed by atoms with E-state index in [0.29, 0.717) is 18.2 Å². The molecular weight excluding hydrogens is 490 g/mol. The van der Waals surface area contributed by atoms with Crippen molar-refractivity contribution >= 4 is 40.9 Å². The van der Waals surface area contributed by atoms with E-state index in [9.17, 15) is 4.79 Å². The number of H-pyrrole nitrogens is 1. The van der Waals surface area contributed by atoms with Crippen LogP contribution in [0.3, 0.4) is 0 Å². The van der Waals surface area contributed by atoms with Crippen molar-refractivity contribution in [2.24, 2.45) is 0 Å². The maximum absolute atomic E-state index is 12.8. The molecule has 0 unspecified atom stereocenters. The Balaban J connectivity index is 1.21. The molecule has 1 saturated heterocycles. The number of fused-ring (bicyclic) bond motifs is 4. The molecule has 0 radical (unpaired) electrons. The number of benzene rings is 1. The molecule has 7 nitrogen and oxygen atoms in total. The Labute approximate surface area is 224 Å². The fraction of sp³-hybridized carbons (Fsp3) is 0.400. The van der Waals surface area contributed by atoms with Gasteiger partial charge in [0, 0.05) is 82.1 Å². The number of hydrogen-bond acceptors (Lipinski definition) is 4. The highest BCUT2D eigenvalue weighted by atomic mass is 28.3. The summed E-state index contributed by atoms with van der Waals surface area (Å²) in [5.74, 6) is 0. The van der Waals surface area contributed by atoms with Gasteiger partial charge in [-0.15, -0.1) is 0 Å². The molecule has 0 atom stereocenters. The molecule has 1 fully saturated rings. The Bertz CT molecular complexity index is 1640. The average Bonchev–Trinajstić information content (AvgIpc) is 3.54. The number of likely N-dealkylation sites (tertiary alicyclic amines) is 1. The van der Waals surface area contributed by atoms with Gasteiger partial charge in [0.15, 0.2) is 5.43 Å². The number of piperidine rings is 1. The molecule has 5 aromatic rings. The van der Waals surface area contributed by atoms with Crippen molar-refractivity contribution in [1.29, 1.82) is 0 Å². The first-order valence-electron chi connectivity index (χ1n) is 13.7. The van der Waals surface area contributed by atoms with Crippen LogP contribution >= 0.6 is 0 Å². The minimum Gasteiger partial charge on any atom is -0.361 e. The number of aromatic amines is 1. The minimum absolute atomic E-state index is 0.0300. The van der Waals surface area contributed by atoms with Crippen LogP contribution in [-0.2, 0) is 18.0 Å². The highest BCUT2D eigenvalue weighted by molar-refractivity contribution is 6.76. The standard InChI is InChI=1S/C30H37N5O2Si/c1-38(2,3)17-16-37-21-34-14-9-25-29-26(19-32-30(25)34)28(36)10-15-35(29)24-7-12-33(13-8-24)20-22-4-5-27-23(18-22)6-11-31-27/h4-6,9-11,14-15,18-19,24,31H,7-8,12-13,16-17,20-21H2,1-3H3. The van der Waals surface area contributed by atoms with Crippen molar-refractivity contribution < 1.29 is 4.74 Å². The van der Waals surface area contributed by atoms with E-state index in [1.807, 2.05) is 18.6 Å². The lowest BCUT2D eigenvalue weighted by Gasteiger charge is -2.34. The molecule has 0 saturated carbocycles. The molecule has 4 aromatic heterocycles. The molecule has 0 amide bonds. The summed E-state index contributed by atoms with van der Waals surface area (Å²) >= 11 is 0. The van der Waals surface area contributed by atoms with E-state index in [-0.39, 0.29) is 5.43 Å². The summed E-state index contributed by atoms with van der Waals surface area (Å²) in [7, 11) is -1.13. The lowest BCUT2D eigenvalue weighted by molar-refractivity contribution is 0.0899. The Hall–Kier alpha value is -3.20. The van der Waals surface area contributed by atoms with Gasteiger partial charge < -0.3 is 18.9 Å². The number of rotatable bonds is 8.